The predicted octanol–water partition coefficient (Wildman–Crippen LogP) is 4.08. The second-order valence-electron chi connectivity index (χ2n) is 8.47. The van der Waals surface area contributed by atoms with Crippen molar-refractivity contribution < 1.29 is 19.4 Å². The molecule has 6 heteroatoms. The van der Waals surface area contributed by atoms with Crippen LogP contribution in [0.5, 0.6) is 5.75 Å². The van der Waals surface area contributed by atoms with E-state index in [1.165, 1.54) is 0 Å². The number of aliphatic hydroxyl groups is 1. The lowest BCUT2D eigenvalue weighted by Gasteiger charge is -2.26. The van der Waals surface area contributed by atoms with Crippen LogP contribution in [0.3, 0.4) is 0 Å². The average Bonchev–Trinajstić information content (AvgIpc) is 2.99. The summed E-state index contributed by atoms with van der Waals surface area (Å²) in [6, 6.07) is 12.5. The number of rotatable bonds is 8. The number of nitrogens with zero attached hydrogens (tertiary/aromatic N) is 2. The van der Waals surface area contributed by atoms with Gasteiger partial charge in [0.2, 0.25) is 0 Å². The van der Waals surface area contributed by atoms with Crippen molar-refractivity contribution in [1.82, 2.24) is 9.80 Å². The zero-order valence-electron chi connectivity index (χ0n) is 19.5. The van der Waals surface area contributed by atoms with E-state index in [1.807, 2.05) is 70.1 Å². The van der Waals surface area contributed by atoms with E-state index < -0.39 is 17.7 Å². The molecule has 170 valence electrons. The SMILES string of the molecule is CCOc1ccc(C(O)=C2C(=O)C(=O)N(CCCN(C)C)[C@H]2c2ccc(C)cc2)c(C)c1. The normalized spacial score (nSPS) is 17.9. The zero-order valence-corrected chi connectivity index (χ0v) is 19.5. The van der Waals surface area contributed by atoms with Crippen molar-refractivity contribution in [3.8, 4) is 5.75 Å². The molecule has 0 aromatic heterocycles. The molecular weight excluding hydrogens is 404 g/mol. The van der Waals surface area contributed by atoms with E-state index in [1.54, 1.807) is 17.0 Å². The molecule has 1 aliphatic heterocycles. The molecule has 1 heterocycles. The van der Waals surface area contributed by atoms with Gasteiger partial charge >= 0.3 is 0 Å². The van der Waals surface area contributed by atoms with Crippen LogP contribution >= 0.6 is 0 Å². The van der Waals surface area contributed by atoms with Gasteiger partial charge in [-0.05, 0) is 77.2 Å². The summed E-state index contributed by atoms with van der Waals surface area (Å²) < 4.78 is 5.54. The molecule has 1 aliphatic rings. The van der Waals surface area contributed by atoms with Crippen molar-refractivity contribution >= 4 is 17.4 Å². The summed E-state index contributed by atoms with van der Waals surface area (Å²) >= 11 is 0. The molecule has 1 saturated heterocycles. The number of likely N-dealkylation sites (tertiary alicyclic amines) is 1. The second kappa shape index (κ2) is 10.0. The standard InChI is InChI=1S/C26H32N2O4/c1-6-32-20-12-13-21(18(3)16-20)24(29)22-23(19-10-8-17(2)9-11-19)28(26(31)25(22)30)15-7-14-27(4)5/h8-13,16,23,29H,6-7,14-15H2,1-5H3/t23-/m0/s1. The first-order chi connectivity index (χ1) is 15.2. The van der Waals surface area contributed by atoms with Gasteiger partial charge in [-0.15, -0.1) is 0 Å². The number of hydrogen-bond donors (Lipinski definition) is 1. The van der Waals surface area contributed by atoms with Crippen LogP contribution in [-0.4, -0.2) is 60.4 Å². The number of Topliss-reactive ketones (excluding diaryl/α,β-unsaturated/α-hetero) is 1. The van der Waals surface area contributed by atoms with E-state index in [4.69, 9.17) is 4.74 Å². The van der Waals surface area contributed by atoms with E-state index in [9.17, 15) is 14.7 Å². The van der Waals surface area contributed by atoms with Crippen molar-refractivity contribution in [2.45, 2.75) is 33.2 Å². The smallest absolute Gasteiger partial charge is 0.295 e. The van der Waals surface area contributed by atoms with Crippen LogP contribution in [0.15, 0.2) is 48.0 Å². The Bertz CT molecular complexity index is 1020. The van der Waals surface area contributed by atoms with Crippen LogP contribution in [0.4, 0.5) is 0 Å². The number of ether oxygens (including phenoxy) is 1. The fourth-order valence-electron chi connectivity index (χ4n) is 4.07. The Labute approximate surface area is 190 Å². The molecule has 2 aromatic carbocycles. The lowest BCUT2D eigenvalue weighted by molar-refractivity contribution is -0.139. The average molecular weight is 437 g/mol. The van der Waals surface area contributed by atoms with E-state index in [0.29, 0.717) is 24.5 Å². The van der Waals surface area contributed by atoms with Crippen LogP contribution in [-0.2, 0) is 9.59 Å². The van der Waals surface area contributed by atoms with Crippen molar-refractivity contribution in [2.75, 3.05) is 33.8 Å². The first-order valence-corrected chi connectivity index (χ1v) is 11.0. The van der Waals surface area contributed by atoms with E-state index >= 15 is 0 Å². The van der Waals surface area contributed by atoms with Crippen molar-refractivity contribution in [3.05, 3.63) is 70.3 Å². The van der Waals surface area contributed by atoms with Crippen LogP contribution in [0.2, 0.25) is 0 Å². The van der Waals surface area contributed by atoms with E-state index in [-0.39, 0.29) is 11.3 Å². The second-order valence-corrected chi connectivity index (χ2v) is 8.47. The van der Waals surface area contributed by atoms with Crippen LogP contribution in [0.25, 0.3) is 5.76 Å². The fourth-order valence-corrected chi connectivity index (χ4v) is 4.07. The molecule has 6 nitrogen and oxygen atoms in total. The van der Waals surface area contributed by atoms with Crippen LogP contribution in [0.1, 0.15) is 41.6 Å². The molecule has 3 rings (SSSR count). The number of benzene rings is 2. The highest BCUT2D eigenvalue weighted by molar-refractivity contribution is 6.46. The first kappa shape index (κ1) is 23.5. The Hall–Kier alpha value is -3.12. The van der Waals surface area contributed by atoms with Gasteiger partial charge in [0.1, 0.15) is 11.5 Å². The summed E-state index contributed by atoms with van der Waals surface area (Å²) in [5.41, 5.74) is 3.33. The third kappa shape index (κ3) is 4.86. The Kier molecular flexibility index (Phi) is 7.36. The summed E-state index contributed by atoms with van der Waals surface area (Å²) in [5, 5.41) is 11.3. The topological polar surface area (TPSA) is 70.1 Å². The van der Waals surface area contributed by atoms with Crippen LogP contribution < -0.4 is 4.74 Å². The van der Waals surface area contributed by atoms with Crippen LogP contribution in [0, 0.1) is 13.8 Å². The van der Waals surface area contributed by atoms with Gasteiger partial charge in [-0.25, -0.2) is 0 Å². The minimum atomic E-state index is -0.647. The lowest BCUT2D eigenvalue weighted by atomic mass is 9.93. The minimum Gasteiger partial charge on any atom is -0.507 e. The molecule has 0 spiro atoms. The highest BCUT2D eigenvalue weighted by Gasteiger charge is 2.45. The number of ketones is 1. The Morgan fingerprint density at radius 2 is 1.78 bits per heavy atom. The van der Waals surface area contributed by atoms with Gasteiger partial charge in [0.05, 0.1) is 18.2 Å². The largest absolute Gasteiger partial charge is 0.507 e. The Balaban J connectivity index is 2.09. The third-order valence-corrected chi connectivity index (χ3v) is 5.70. The number of aliphatic hydroxyl groups excluding tert-OH is 1. The van der Waals surface area contributed by atoms with Crippen molar-refractivity contribution in [2.24, 2.45) is 0 Å². The highest BCUT2D eigenvalue weighted by Crippen LogP contribution is 2.40. The molecule has 2 aromatic rings. The van der Waals surface area contributed by atoms with Gasteiger partial charge < -0.3 is 19.6 Å². The number of amides is 1. The number of carbonyl (C=O) groups excluding carboxylic acids is 2. The molecule has 1 N–H and O–H groups in total. The lowest BCUT2D eigenvalue weighted by Crippen LogP contribution is -2.32. The maximum atomic E-state index is 13.1. The van der Waals surface area contributed by atoms with Gasteiger partial charge in [-0.2, -0.15) is 0 Å². The molecule has 0 unspecified atom stereocenters. The summed E-state index contributed by atoms with van der Waals surface area (Å²) in [4.78, 5) is 29.7. The molecule has 0 bridgehead atoms. The predicted molar refractivity (Wildman–Crippen MR) is 126 cm³/mol. The van der Waals surface area contributed by atoms with Gasteiger partial charge in [0.25, 0.3) is 11.7 Å². The maximum absolute atomic E-state index is 13.1. The number of carbonyl (C=O) groups is 2. The Morgan fingerprint density at radius 3 is 2.38 bits per heavy atom. The number of hydrogen-bond acceptors (Lipinski definition) is 5. The van der Waals surface area contributed by atoms with E-state index in [2.05, 4.69) is 0 Å². The summed E-state index contributed by atoms with van der Waals surface area (Å²) in [7, 11) is 3.94. The third-order valence-electron chi connectivity index (χ3n) is 5.70. The molecule has 1 fully saturated rings. The van der Waals surface area contributed by atoms with Gasteiger partial charge in [0.15, 0.2) is 0 Å². The quantitative estimate of drug-likeness (QED) is 0.384. The monoisotopic (exact) mass is 436 g/mol. The molecular formula is C26H32N2O4. The maximum Gasteiger partial charge on any atom is 0.295 e. The first-order valence-electron chi connectivity index (χ1n) is 11.0. The highest BCUT2D eigenvalue weighted by atomic mass is 16.5. The van der Waals surface area contributed by atoms with Gasteiger partial charge in [-0.1, -0.05) is 29.8 Å². The van der Waals surface area contributed by atoms with Crippen molar-refractivity contribution in [3.63, 3.8) is 0 Å². The molecule has 1 amide bonds. The molecule has 1 atom stereocenters. The summed E-state index contributed by atoms with van der Waals surface area (Å²) in [5.74, 6) is -0.670. The van der Waals surface area contributed by atoms with Gasteiger partial charge in [-0.3, -0.25) is 9.59 Å². The molecule has 32 heavy (non-hydrogen) atoms. The Morgan fingerprint density at radius 1 is 1.09 bits per heavy atom. The van der Waals surface area contributed by atoms with Crippen molar-refractivity contribution in [1.29, 1.82) is 0 Å². The zero-order chi connectivity index (χ0) is 23.4. The van der Waals surface area contributed by atoms with Gasteiger partial charge in [0, 0.05) is 12.1 Å². The summed E-state index contributed by atoms with van der Waals surface area (Å²) in [6.45, 7) is 7.51. The minimum absolute atomic E-state index is 0.135. The fraction of sp³-hybridized carbons (Fsp3) is 0.385. The summed E-state index contributed by atoms with van der Waals surface area (Å²) in [6.07, 6.45) is 0.727. The van der Waals surface area contributed by atoms with E-state index in [0.717, 1.165) is 29.7 Å². The number of aryl methyl sites for hydroxylation is 2. The molecule has 0 radical (unpaired) electrons. The molecule has 0 aliphatic carbocycles. The molecule has 0 saturated carbocycles.